The average molecular weight is 434 g/mol. The van der Waals surface area contributed by atoms with Crippen molar-refractivity contribution in [1.29, 1.82) is 0 Å². The fraction of sp³-hybridized carbons (Fsp3) is 0.111. The lowest BCUT2D eigenvalue weighted by Gasteiger charge is -2.09. The fourth-order valence-corrected chi connectivity index (χ4v) is 4.39. The Morgan fingerprint density at radius 3 is 2.17 bits per heavy atom. The summed E-state index contributed by atoms with van der Waals surface area (Å²) in [5.74, 6) is -0.761. The first-order valence-electron chi connectivity index (χ1n) is 8.49. The molecule has 1 heterocycles. The molecule has 11 heteroatoms. The molecule has 0 unspecified atom stereocenters. The number of rotatable bonds is 7. The van der Waals surface area contributed by atoms with Crippen LogP contribution in [-0.2, 0) is 26.6 Å². The third-order valence-electron chi connectivity index (χ3n) is 3.92. The van der Waals surface area contributed by atoms with E-state index in [2.05, 4.69) is 9.82 Å². The number of carbonyl (C=O) groups excluding carboxylic acids is 1. The Morgan fingerprint density at radius 2 is 1.59 bits per heavy atom. The zero-order valence-electron chi connectivity index (χ0n) is 15.3. The van der Waals surface area contributed by atoms with E-state index in [1.54, 1.807) is 18.2 Å². The van der Waals surface area contributed by atoms with Gasteiger partial charge in [-0.2, -0.15) is 5.10 Å². The number of aryl methyl sites for hydroxylation is 1. The SMILES string of the molecule is CCn1cc(S(=O)(=O)Nc2ccc(S(=O)(=O)NC(=O)c3ccccc3)cc2)cn1. The molecule has 0 radical (unpaired) electrons. The van der Waals surface area contributed by atoms with Crippen molar-refractivity contribution in [2.24, 2.45) is 0 Å². The molecular formula is C18H18N4O5S2. The lowest BCUT2D eigenvalue weighted by molar-refractivity contribution is 0.0981. The standard InChI is InChI=1S/C18H18N4O5S2/c1-2-22-13-17(12-19-22)29(26,27)20-15-8-10-16(11-9-15)28(24,25)21-18(23)14-6-4-3-5-7-14/h3-13,20H,2H2,1H3,(H,21,23). The van der Waals surface area contributed by atoms with E-state index in [0.717, 1.165) is 0 Å². The van der Waals surface area contributed by atoms with Crippen LogP contribution in [-0.4, -0.2) is 32.5 Å². The van der Waals surface area contributed by atoms with Gasteiger partial charge in [-0.15, -0.1) is 0 Å². The molecule has 2 aromatic carbocycles. The summed E-state index contributed by atoms with van der Waals surface area (Å²) in [6.07, 6.45) is 2.62. The zero-order valence-corrected chi connectivity index (χ0v) is 16.9. The minimum atomic E-state index is -4.11. The highest BCUT2D eigenvalue weighted by Crippen LogP contribution is 2.18. The molecule has 1 aromatic heterocycles. The molecule has 9 nitrogen and oxygen atoms in total. The molecule has 0 saturated carbocycles. The Labute approximate surface area is 168 Å². The highest BCUT2D eigenvalue weighted by atomic mass is 32.2. The molecule has 152 valence electrons. The number of sulfonamides is 2. The molecule has 29 heavy (non-hydrogen) atoms. The fourth-order valence-electron chi connectivity index (χ4n) is 2.40. The van der Waals surface area contributed by atoms with Gasteiger partial charge in [-0.3, -0.25) is 14.2 Å². The van der Waals surface area contributed by atoms with E-state index in [1.165, 1.54) is 53.5 Å². The van der Waals surface area contributed by atoms with Crippen LogP contribution in [0.4, 0.5) is 5.69 Å². The van der Waals surface area contributed by atoms with Gasteiger partial charge in [-0.25, -0.2) is 21.6 Å². The van der Waals surface area contributed by atoms with Gasteiger partial charge in [0.2, 0.25) is 0 Å². The third-order valence-corrected chi connectivity index (χ3v) is 6.61. The van der Waals surface area contributed by atoms with Gasteiger partial charge in [-0.05, 0) is 43.3 Å². The lowest BCUT2D eigenvalue weighted by Crippen LogP contribution is -2.30. The van der Waals surface area contributed by atoms with Crippen LogP contribution in [0.5, 0.6) is 0 Å². The Balaban J connectivity index is 1.74. The van der Waals surface area contributed by atoms with Gasteiger partial charge in [0.15, 0.2) is 0 Å². The molecule has 3 aromatic rings. The second-order valence-electron chi connectivity index (χ2n) is 5.96. The maximum Gasteiger partial charge on any atom is 0.265 e. The first-order valence-corrected chi connectivity index (χ1v) is 11.5. The molecule has 0 saturated heterocycles. The van der Waals surface area contributed by atoms with Gasteiger partial charge in [0, 0.05) is 24.0 Å². The van der Waals surface area contributed by atoms with Crippen molar-refractivity contribution < 1.29 is 21.6 Å². The molecule has 0 aliphatic heterocycles. The molecular weight excluding hydrogens is 416 g/mol. The van der Waals surface area contributed by atoms with Crippen LogP contribution in [0.15, 0.2) is 76.8 Å². The maximum absolute atomic E-state index is 12.4. The number of nitrogens with one attached hydrogen (secondary N) is 2. The molecule has 0 spiro atoms. The van der Waals surface area contributed by atoms with Crippen LogP contribution >= 0.6 is 0 Å². The zero-order chi connectivity index (χ0) is 21.1. The van der Waals surface area contributed by atoms with E-state index in [0.29, 0.717) is 6.54 Å². The lowest BCUT2D eigenvalue weighted by atomic mass is 10.2. The van der Waals surface area contributed by atoms with E-state index in [9.17, 15) is 21.6 Å². The van der Waals surface area contributed by atoms with Crippen LogP contribution in [0.3, 0.4) is 0 Å². The first-order chi connectivity index (χ1) is 13.7. The van der Waals surface area contributed by atoms with E-state index >= 15 is 0 Å². The Morgan fingerprint density at radius 1 is 0.931 bits per heavy atom. The summed E-state index contributed by atoms with van der Waals surface area (Å²) < 4.78 is 55.3. The van der Waals surface area contributed by atoms with E-state index in [4.69, 9.17) is 0 Å². The maximum atomic E-state index is 12.4. The highest BCUT2D eigenvalue weighted by Gasteiger charge is 2.20. The van der Waals surface area contributed by atoms with Crippen molar-refractivity contribution in [3.05, 3.63) is 72.6 Å². The van der Waals surface area contributed by atoms with Crippen LogP contribution in [0, 0.1) is 0 Å². The highest BCUT2D eigenvalue weighted by molar-refractivity contribution is 7.92. The van der Waals surface area contributed by atoms with Crippen LogP contribution < -0.4 is 9.44 Å². The summed E-state index contributed by atoms with van der Waals surface area (Å²) in [6, 6.07) is 12.9. The molecule has 0 fully saturated rings. The minimum Gasteiger partial charge on any atom is -0.280 e. The Kier molecular flexibility index (Phi) is 5.71. The number of benzene rings is 2. The van der Waals surface area contributed by atoms with Crippen molar-refractivity contribution in [3.8, 4) is 0 Å². The van der Waals surface area contributed by atoms with E-state index in [-0.39, 0.29) is 21.0 Å². The summed E-state index contributed by atoms with van der Waals surface area (Å²) in [6.45, 7) is 2.35. The van der Waals surface area contributed by atoms with E-state index < -0.39 is 26.0 Å². The second-order valence-corrected chi connectivity index (χ2v) is 9.33. The van der Waals surface area contributed by atoms with Crippen molar-refractivity contribution in [2.75, 3.05) is 4.72 Å². The number of nitrogens with zero attached hydrogens (tertiary/aromatic N) is 2. The quantitative estimate of drug-likeness (QED) is 0.584. The topological polar surface area (TPSA) is 127 Å². The summed E-state index contributed by atoms with van der Waals surface area (Å²) in [4.78, 5) is 11.9. The largest absolute Gasteiger partial charge is 0.280 e. The van der Waals surface area contributed by atoms with Gasteiger partial charge in [-0.1, -0.05) is 18.2 Å². The molecule has 0 atom stereocenters. The molecule has 0 bridgehead atoms. The smallest absolute Gasteiger partial charge is 0.265 e. The molecule has 0 aliphatic carbocycles. The number of carbonyl (C=O) groups is 1. The molecule has 0 aliphatic rings. The van der Waals surface area contributed by atoms with Crippen LogP contribution in [0.2, 0.25) is 0 Å². The number of hydrogen-bond acceptors (Lipinski definition) is 6. The van der Waals surface area contributed by atoms with E-state index in [1.807, 2.05) is 11.6 Å². The average Bonchev–Trinajstić information content (AvgIpc) is 3.19. The van der Waals surface area contributed by atoms with Crippen molar-refractivity contribution >= 4 is 31.6 Å². The van der Waals surface area contributed by atoms with Crippen LogP contribution in [0.1, 0.15) is 17.3 Å². The van der Waals surface area contributed by atoms with Crippen LogP contribution in [0.25, 0.3) is 0 Å². The normalized spacial score (nSPS) is 11.8. The van der Waals surface area contributed by atoms with Gasteiger partial charge >= 0.3 is 0 Å². The predicted molar refractivity (Wildman–Crippen MR) is 106 cm³/mol. The minimum absolute atomic E-state index is 0.00817. The summed E-state index contributed by atoms with van der Waals surface area (Å²) >= 11 is 0. The Bertz CT molecular complexity index is 1220. The summed E-state index contributed by atoms with van der Waals surface area (Å²) in [5, 5.41) is 3.92. The first kappa shape index (κ1) is 20.6. The van der Waals surface area contributed by atoms with Crippen molar-refractivity contribution in [1.82, 2.24) is 14.5 Å². The van der Waals surface area contributed by atoms with Gasteiger partial charge in [0.25, 0.3) is 26.0 Å². The monoisotopic (exact) mass is 434 g/mol. The molecule has 3 rings (SSSR count). The molecule has 1 amide bonds. The van der Waals surface area contributed by atoms with Gasteiger partial charge < -0.3 is 0 Å². The summed E-state index contributed by atoms with van der Waals surface area (Å²) in [7, 11) is -7.97. The van der Waals surface area contributed by atoms with Crippen molar-refractivity contribution in [2.45, 2.75) is 23.3 Å². The third kappa shape index (κ3) is 4.81. The molecule has 2 N–H and O–H groups in total. The van der Waals surface area contributed by atoms with Crippen molar-refractivity contribution in [3.63, 3.8) is 0 Å². The summed E-state index contributed by atoms with van der Waals surface area (Å²) in [5.41, 5.74) is 0.371. The predicted octanol–water partition coefficient (Wildman–Crippen LogP) is 1.82. The second kappa shape index (κ2) is 8.05. The van der Waals surface area contributed by atoms with Gasteiger partial charge in [0.05, 0.1) is 11.1 Å². The number of anilines is 1. The number of amides is 1. The van der Waals surface area contributed by atoms with Gasteiger partial charge in [0.1, 0.15) is 4.90 Å². The number of aromatic nitrogens is 2. The number of hydrogen-bond donors (Lipinski definition) is 2. The Hall–Kier alpha value is -3.18.